The minimum Gasteiger partial charge on any atom is -0.494 e. The van der Waals surface area contributed by atoms with E-state index in [4.69, 9.17) is 4.74 Å². The van der Waals surface area contributed by atoms with Crippen molar-refractivity contribution in [3.8, 4) is 5.75 Å². The Kier molecular flexibility index (Phi) is 7.15. The third kappa shape index (κ3) is 6.12. The van der Waals surface area contributed by atoms with Crippen LogP contribution in [0.15, 0.2) is 36.4 Å². The highest BCUT2D eigenvalue weighted by Gasteiger charge is 1.94. The fraction of sp³-hybridized carbons (Fsp3) is 0.467. The summed E-state index contributed by atoms with van der Waals surface area (Å²) < 4.78 is 5.54. The van der Waals surface area contributed by atoms with Crippen LogP contribution < -0.4 is 10.1 Å². The molecule has 1 aromatic rings. The van der Waals surface area contributed by atoms with E-state index in [-0.39, 0.29) is 0 Å². The van der Waals surface area contributed by atoms with Gasteiger partial charge in [-0.3, -0.25) is 0 Å². The minimum atomic E-state index is 0.793. The predicted molar refractivity (Wildman–Crippen MR) is 73.4 cm³/mol. The van der Waals surface area contributed by atoms with E-state index in [1.807, 2.05) is 12.1 Å². The molecule has 2 heteroatoms. The summed E-state index contributed by atoms with van der Waals surface area (Å²) in [6, 6.07) is 8.32. The Hall–Kier alpha value is -1.28. The Morgan fingerprint density at radius 3 is 2.65 bits per heavy atom. The molecule has 2 nitrogen and oxygen atoms in total. The summed E-state index contributed by atoms with van der Waals surface area (Å²) >= 11 is 0. The summed E-state index contributed by atoms with van der Waals surface area (Å²) in [7, 11) is 0. The molecule has 94 valence electrons. The molecule has 0 aliphatic carbocycles. The van der Waals surface area contributed by atoms with Crippen LogP contribution in [0.25, 0.3) is 0 Å². The van der Waals surface area contributed by atoms with Gasteiger partial charge in [-0.25, -0.2) is 0 Å². The summed E-state index contributed by atoms with van der Waals surface area (Å²) in [5, 5.41) is 3.41. The third-order valence-corrected chi connectivity index (χ3v) is 2.45. The Labute approximate surface area is 105 Å². The van der Waals surface area contributed by atoms with Crippen LogP contribution in [-0.4, -0.2) is 13.2 Å². The number of allylic oxidation sites excluding steroid dienone is 1. The smallest absolute Gasteiger partial charge is 0.119 e. The monoisotopic (exact) mass is 233 g/mol. The summed E-state index contributed by atoms with van der Waals surface area (Å²) in [6.07, 6.45) is 6.40. The van der Waals surface area contributed by atoms with Crippen LogP contribution in [0.2, 0.25) is 0 Å². The molecule has 0 heterocycles. The Morgan fingerprint density at radius 1 is 1.24 bits per heavy atom. The lowest BCUT2D eigenvalue weighted by atomic mass is 10.2. The second-order valence-corrected chi connectivity index (χ2v) is 4.03. The van der Waals surface area contributed by atoms with Crippen molar-refractivity contribution < 1.29 is 4.74 Å². The van der Waals surface area contributed by atoms with Crippen LogP contribution >= 0.6 is 0 Å². The number of rotatable bonds is 8. The van der Waals surface area contributed by atoms with Crippen molar-refractivity contribution >= 4 is 0 Å². The zero-order valence-corrected chi connectivity index (χ0v) is 10.9. The van der Waals surface area contributed by atoms with Crippen LogP contribution in [0.4, 0.5) is 0 Å². The summed E-state index contributed by atoms with van der Waals surface area (Å²) in [5.74, 6) is 0.963. The second kappa shape index (κ2) is 8.82. The van der Waals surface area contributed by atoms with Gasteiger partial charge in [-0.15, -0.1) is 0 Å². The molecular weight excluding hydrogens is 210 g/mol. The van der Waals surface area contributed by atoms with Gasteiger partial charge < -0.3 is 10.1 Å². The predicted octanol–water partition coefficient (Wildman–Crippen LogP) is 3.53. The van der Waals surface area contributed by atoms with E-state index in [1.54, 1.807) is 0 Å². The molecule has 17 heavy (non-hydrogen) atoms. The van der Waals surface area contributed by atoms with Gasteiger partial charge in [0.05, 0.1) is 6.61 Å². The molecule has 1 N–H and O–H groups in total. The average Bonchev–Trinajstić information content (AvgIpc) is 2.37. The van der Waals surface area contributed by atoms with E-state index in [0.29, 0.717) is 0 Å². The average molecular weight is 233 g/mol. The van der Waals surface area contributed by atoms with E-state index in [1.165, 1.54) is 5.56 Å². The van der Waals surface area contributed by atoms with Crippen molar-refractivity contribution in [1.82, 2.24) is 5.32 Å². The fourth-order valence-corrected chi connectivity index (χ4v) is 1.51. The molecule has 0 saturated heterocycles. The van der Waals surface area contributed by atoms with Crippen LogP contribution in [0.1, 0.15) is 32.3 Å². The van der Waals surface area contributed by atoms with Gasteiger partial charge in [-0.2, -0.15) is 0 Å². The molecule has 0 spiro atoms. The quantitative estimate of drug-likeness (QED) is 0.548. The molecule has 0 aliphatic rings. The normalized spacial score (nSPS) is 10.9. The zero-order valence-electron chi connectivity index (χ0n) is 10.9. The topological polar surface area (TPSA) is 21.3 Å². The highest BCUT2D eigenvalue weighted by atomic mass is 16.5. The standard InChI is InChI=1S/C15H23NO/c1-3-5-6-11-16-13-14-7-9-15(10-8-14)17-12-4-2/h3,5,7-10,16H,4,6,11-13H2,1-2H3/b5-3+. The zero-order chi connectivity index (χ0) is 12.3. The van der Waals surface area contributed by atoms with Crippen LogP contribution in [0.3, 0.4) is 0 Å². The summed E-state index contributed by atoms with van der Waals surface area (Å²) in [4.78, 5) is 0. The molecule has 0 aromatic heterocycles. The lowest BCUT2D eigenvalue weighted by Gasteiger charge is -2.06. The van der Waals surface area contributed by atoms with E-state index in [0.717, 1.165) is 38.3 Å². The number of nitrogens with one attached hydrogen (secondary N) is 1. The molecule has 0 unspecified atom stereocenters. The molecule has 1 rings (SSSR count). The van der Waals surface area contributed by atoms with Crippen molar-refractivity contribution in [2.75, 3.05) is 13.2 Å². The molecule has 0 amide bonds. The second-order valence-electron chi connectivity index (χ2n) is 4.03. The van der Waals surface area contributed by atoms with Crippen LogP contribution in [0, 0.1) is 0 Å². The Morgan fingerprint density at radius 2 is 2.00 bits per heavy atom. The van der Waals surface area contributed by atoms with E-state index in [9.17, 15) is 0 Å². The van der Waals surface area contributed by atoms with Gasteiger partial charge in [0, 0.05) is 6.54 Å². The Balaban J connectivity index is 2.25. The van der Waals surface area contributed by atoms with Crippen molar-refractivity contribution in [1.29, 1.82) is 0 Å². The highest BCUT2D eigenvalue weighted by Crippen LogP contribution is 2.12. The van der Waals surface area contributed by atoms with Crippen molar-refractivity contribution in [3.63, 3.8) is 0 Å². The molecule has 0 radical (unpaired) electrons. The first kappa shape index (κ1) is 13.8. The third-order valence-electron chi connectivity index (χ3n) is 2.45. The van der Waals surface area contributed by atoms with E-state index >= 15 is 0 Å². The van der Waals surface area contributed by atoms with Crippen molar-refractivity contribution in [2.24, 2.45) is 0 Å². The van der Waals surface area contributed by atoms with Gasteiger partial charge in [0.15, 0.2) is 0 Å². The number of hydrogen-bond donors (Lipinski definition) is 1. The number of ether oxygens (including phenoxy) is 1. The fourth-order valence-electron chi connectivity index (χ4n) is 1.51. The van der Waals surface area contributed by atoms with Gasteiger partial charge in [-0.05, 0) is 44.0 Å². The Bertz CT molecular complexity index is 316. The molecular formula is C15H23NO. The van der Waals surface area contributed by atoms with Gasteiger partial charge in [-0.1, -0.05) is 31.2 Å². The lowest BCUT2D eigenvalue weighted by Crippen LogP contribution is -2.13. The maximum absolute atomic E-state index is 5.54. The minimum absolute atomic E-state index is 0.793. The molecule has 0 bridgehead atoms. The van der Waals surface area contributed by atoms with Gasteiger partial charge in [0.25, 0.3) is 0 Å². The molecule has 0 aliphatic heterocycles. The van der Waals surface area contributed by atoms with E-state index < -0.39 is 0 Å². The number of hydrogen-bond acceptors (Lipinski definition) is 2. The summed E-state index contributed by atoms with van der Waals surface area (Å²) in [6.45, 7) is 6.91. The van der Waals surface area contributed by atoms with E-state index in [2.05, 4.69) is 43.4 Å². The largest absolute Gasteiger partial charge is 0.494 e. The first-order valence-corrected chi connectivity index (χ1v) is 6.40. The summed E-state index contributed by atoms with van der Waals surface area (Å²) in [5.41, 5.74) is 1.30. The maximum Gasteiger partial charge on any atom is 0.119 e. The molecule has 0 fully saturated rings. The lowest BCUT2D eigenvalue weighted by molar-refractivity contribution is 0.317. The SMILES string of the molecule is C/C=C/CCNCc1ccc(OCCC)cc1. The van der Waals surface area contributed by atoms with Gasteiger partial charge in [0.1, 0.15) is 5.75 Å². The van der Waals surface area contributed by atoms with Crippen molar-refractivity contribution in [2.45, 2.75) is 33.2 Å². The highest BCUT2D eigenvalue weighted by molar-refractivity contribution is 5.27. The van der Waals surface area contributed by atoms with Crippen molar-refractivity contribution in [3.05, 3.63) is 42.0 Å². The van der Waals surface area contributed by atoms with Crippen LogP contribution in [-0.2, 0) is 6.54 Å². The van der Waals surface area contributed by atoms with Crippen LogP contribution in [0.5, 0.6) is 5.75 Å². The molecule has 1 aromatic carbocycles. The number of benzene rings is 1. The first-order valence-electron chi connectivity index (χ1n) is 6.40. The first-order chi connectivity index (χ1) is 8.36. The van der Waals surface area contributed by atoms with Gasteiger partial charge in [0.2, 0.25) is 0 Å². The maximum atomic E-state index is 5.54. The van der Waals surface area contributed by atoms with Gasteiger partial charge >= 0.3 is 0 Å². The molecule has 0 atom stereocenters. The molecule has 0 saturated carbocycles.